The van der Waals surface area contributed by atoms with Crippen LogP contribution in [-0.2, 0) is 0 Å². The lowest BCUT2D eigenvalue weighted by atomic mass is 9.93. The fraction of sp³-hybridized carbons (Fsp3) is 0.250. The van der Waals surface area contributed by atoms with Crippen molar-refractivity contribution in [1.82, 2.24) is 0 Å². The Morgan fingerprint density at radius 3 is 2.00 bits per heavy atom. The highest BCUT2D eigenvalue weighted by Gasteiger charge is 2.17. The number of benzene rings is 2. The van der Waals surface area contributed by atoms with Crippen LogP contribution >= 0.6 is 15.9 Å². The molecule has 0 saturated heterocycles. The monoisotopic (exact) mass is 288 g/mol. The minimum Gasteiger partial charge on any atom is -0.0832 e. The van der Waals surface area contributed by atoms with Gasteiger partial charge in [0.1, 0.15) is 0 Å². The van der Waals surface area contributed by atoms with Gasteiger partial charge in [-0.2, -0.15) is 0 Å². The second kappa shape index (κ2) is 5.50. The highest BCUT2D eigenvalue weighted by molar-refractivity contribution is 9.09. The minimum absolute atomic E-state index is 0.366. The zero-order valence-corrected chi connectivity index (χ0v) is 11.8. The number of alkyl halides is 1. The van der Waals surface area contributed by atoms with Gasteiger partial charge < -0.3 is 0 Å². The first-order valence-corrected chi connectivity index (χ1v) is 6.85. The van der Waals surface area contributed by atoms with Crippen molar-refractivity contribution in [3.8, 4) is 0 Å². The van der Waals surface area contributed by atoms with E-state index in [1.54, 1.807) is 0 Å². The molecule has 2 unspecified atom stereocenters. The Bertz CT molecular complexity index is 459. The van der Waals surface area contributed by atoms with Gasteiger partial charge in [-0.15, -0.1) is 0 Å². The molecule has 1 heteroatoms. The summed E-state index contributed by atoms with van der Waals surface area (Å²) in [5, 5.41) is 0. The zero-order valence-electron chi connectivity index (χ0n) is 10.2. The first kappa shape index (κ1) is 12.4. The predicted molar refractivity (Wildman–Crippen MR) is 77.7 cm³/mol. The molecule has 0 aliphatic heterocycles. The lowest BCUT2D eigenvalue weighted by Crippen LogP contribution is -2.01. The third-order valence-corrected chi connectivity index (χ3v) is 4.48. The van der Waals surface area contributed by atoms with E-state index in [1.807, 2.05) is 0 Å². The third kappa shape index (κ3) is 2.98. The van der Waals surface area contributed by atoms with Crippen molar-refractivity contribution in [3.63, 3.8) is 0 Å². The van der Waals surface area contributed by atoms with E-state index >= 15 is 0 Å². The fourth-order valence-electron chi connectivity index (χ4n) is 1.96. The number of hydrogen-bond acceptors (Lipinski definition) is 0. The first-order valence-electron chi connectivity index (χ1n) is 5.94. The molecule has 0 spiro atoms. The van der Waals surface area contributed by atoms with E-state index in [0.717, 1.165) is 0 Å². The quantitative estimate of drug-likeness (QED) is 0.678. The van der Waals surface area contributed by atoms with Gasteiger partial charge in [-0.3, -0.25) is 0 Å². The molecule has 0 amide bonds. The maximum Gasteiger partial charge on any atom is 0.0461 e. The maximum atomic E-state index is 3.81. The van der Waals surface area contributed by atoms with Crippen LogP contribution in [0.4, 0.5) is 0 Å². The molecule has 2 aromatic rings. The molecule has 0 aliphatic rings. The largest absolute Gasteiger partial charge is 0.0832 e. The first-order chi connectivity index (χ1) is 8.18. The molecule has 0 fully saturated rings. The fourth-order valence-corrected chi connectivity index (χ4v) is 2.57. The molecule has 88 valence electrons. The lowest BCUT2D eigenvalue weighted by molar-refractivity contribution is 0.751. The van der Waals surface area contributed by atoms with E-state index in [2.05, 4.69) is 84.4 Å². The molecule has 17 heavy (non-hydrogen) atoms. The molecule has 2 rings (SSSR count). The van der Waals surface area contributed by atoms with Crippen molar-refractivity contribution in [1.29, 1.82) is 0 Å². The van der Waals surface area contributed by atoms with Crippen molar-refractivity contribution < 1.29 is 0 Å². The molecule has 0 nitrogen and oxygen atoms in total. The molecule has 0 heterocycles. The summed E-state index contributed by atoms with van der Waals surface area (Å²) in [6.07, 6.45) is 0. The summed E-state index contributed by atoms with van der Waals surface area (Å²) in [4.78, 5) is 0.366. The van der Waals surface area contributed by atoms with Gasteiger partial charge in [0.2, 0.25) is 0 Å². The summed E-state index contributed by atoms with van der Waals surface area (Å²) in [5.74, 6) is 0.471. The van der Waals surface area contributed by atoms with Gasteiger partial charge in [0.05, 0.1) is 0 Å². The average molecular weight is 289 g/mol. The maximum absolute atomic E-state index is 3.81. The van der Waals surface area contributed by atoms with Crippen LogP contribution in [0, 0.1) is 6.92 Å². The number of rotatable bonds is 3. The summed E-state index contributed by atoms with van der Waals surface area (Å²) in [5.41, 5.74) is 4.02. The van der Waals surface area contributed by atoms with Crippen molar-refractivity contribution >= 4 is 15.9 Å². The Kier molecular flexibility index (Phi) is 4.01. The summed E-state index contributed by atoms with van der Waals surface area (Å²) < 4.78 is 0. The van der Waals surface area contributed by atoms with Crippen LogP contribution < -0.4 is 0 Å². The Hall–Kier alpha value is -1.08. The smallest absolute Gasteiger partial charge is 0.0461 e. The highest BCUT2D eigenvalue weighted by Crippen LogP contribution is 2.37. The number of aryl methyl sites for hydroxylation is 1. The van der Waals surface area contributed by atoms with Crippen LogP contribution in [0.5, 0.6) is 0 Å². The van der Waals surface area contributed by atoms with Crippen molar-refractivity contribution in [2.24, 2.45) is 0 Å². The molecular formula is C16H17Br. The Balaban J connectivity index is 2.20. The molecular weight excluding hydrogens is 272 g/mol. The van der Waals surface area contributed by atoms with Crippen LogP contribution in [0.2, 0.25) is 0 Å². The number of halogens is 1. The lowest BCUT2D eigenvalue weighted by Gasteiger charge is -2.19. The molecule has 0 bridgehead atoms. The second-order valence-electron chi connectivity index (χ2n) is 4.51. The summed E-state index contributed by atoms with van der Waals surface area (Å²) in [7, 11) is 0. The van der Waals surface area contributed by atoms with Gasteiger partial charge in [0.25, 0.3) is 0 Å². The van der Waals surface area contributed by atoms with E-state index in [1.165, 1.54) is 16.7 Å². The standard InChI is InChI=1S/C16H17Br/c1-12-8-10-15(11-9-12)16(17)13(2)14-6-4-3-5-7-14/h3-11,13,16H,1-2H3. The predicted octanol–water partition coefficient (Wildman–Crippen LogP) is 5.23. The molecule has 0 aromatic heterocycles. The molecule has 0 saturated carbocycles. The highest BCUT2D eigenvalue weighted by atomic mass is 79.9. The van der Waals surface area contributed by atoms with E-state index in [0.29, 0.717) is 10.7 Å². The SMILES string of the molecule is Cc1ccc(C(Br)C(C)c2ccccc2)cc1. The molecule has 0 N–H and O–H groups in total. The summed E-state index contributed by atoms with van der Waals surface area (Å²) in [6, 6.07) is 19.4. The van der Waals surface area contributed by atoms with Gasteiger partial charge >= 0.3 is 0 Å². The van der Waals surface area contributed by atoms with Gasteiger partial charge in [-0.1, -0.05) is 83.0 Å². The van der Waals surface area contributed by atoms with Crippen molar-refractivity contribution in [2.75, 3.05) is 0 Å². The van der Waals surface area contributed by atoms with Crippen molar-refractivity contribution in [2.45, 2.75) is 24.6 Å². The minimum atomic E-state index is 0.366. The number of hydrogen-bond donors (Lipinski definition) is 0. The topological polar surface area (TPSA) is 0 Å². The van der Waals surface area contributed by atoms with Crippen LogP contribution in [0.25, 0.3) is 0 Å². The Morgan fingerprint density at radius 1 is 0.824 bits per heavy atom. The van der Waals surface area contributed by atoms with Gasteiger partial charge in [0, 0.05) is 4.83 Å². The van der Waals surface area contributed by atoms with Crippen LogP contribution in [-0.4, -0.2) is 0 Å². The van der Waals surface area contributed by atoms with Gasteiger partial charge in [-0.05, 0) is 24.0 Å². The van der Waals surface area contributed by atoms with E-state index in [-0.39, 0.29) is 0 Å². The second-order valence-corrected chi connectivity index (χ2v) is 5.50. The van der Waals surface area contributed by atoms with Gasteiger partial charge in [0.15, 0.2) is 0 Å². The third-order valence-electron chi connectivity index (χ3n) is 3.16. The molecule has 2 aromatic carbocycles. The molecule has 0 radical (unpaired) electrons. The average Bonchev–Trinajstić information content (AvgIpc) is 2.39. The van der Waals surface area contributed by atoms with Crippen LogP contribution in [0.1, 0.15) is 34.4 Å². The zero-order chi connectivity index (χ0) is 12.3. The van der Waals surface area contributed by atoms with E-state index < -0.39 is 0 Å². The van der Waals surface area contributed by atoms with Crippen LogP contribution in [0.3, 0.4) is 0 Å². The summed E-state index contributed by atoms with van der Waals surface area (Å²) in [6.45, 7) is 4.38. The Morgan fingerprint density at radius 2 is 1.41 bits per heavy atom. The van der Waals surface area contributed by atoms with E-state index in [9.17, 15) is 0 Å². The van der Waals surface area contributed by atoms with Crippen molar-refractivity contribution in [3.05, 3.63) is 71.3 Å². The Labute approximate surface area is 112 Å². The normalized spacial score (nSPS) is 14.3. The summed E-state index contributed by atoms with van der Waals surface area (Å²) >= 11 is 3.81. The molecule has 0 aliphatic carbocycles. The molecule has 2 atom stereocenters. The van der Waals surface area contributed by atoms with Gasteiger partial charge in [-0.25, -0.2) is 0 Å². The van der Waals surface area contributed by atoms with E-state index in [4.69, 9.17) is 0 Å². The van der Waals surface area contributed by atoms with Crippen LogP contribution in [0.15, 0.2) is 54.6 Å².